The largest absolute Gasteiger partial charge is 0.395 e. The number of pyridine rings is 1. The first-order valence-corrected chi connectivity index (χ1v) is 12.8. The van der Waals surface area contributed by atoms with Crippen LogP contribution in [-0.4, -0.2) is 52.2 Å². The van der Waals surface area contributed by atoms with Gasteiger partial charge in [0.25, 0.3) is 0 Å². The van der Waals surface area contributed by atoms with E-state index >= 15 is 0 Å². The van der Waals surface area contributed by atoms with Gasteiger partial charge in [0.05, 0.1) is 6.61 Å². The van der Waals surface area contributed by atoms with Crippen LogP contribution >= 0.6 is 0 Å². The van der Waals surface area contributed by atoms with Gasteiger partial charge in [-0.3, -0.25) is 9.88 Å². The molecule has 176 valence electrons. The van der Waals surface area contributed by atoms with Crippen LogP contribution in [0.4, 0.5) is 0 Å². The highest BCUT2D eigenvalue weighted by molar-refractivity contribution is 5.36. The number of nitrogens with zero attached hydrogens (tertiary/aromatic N) is 3. The highest BCUT2D eigenvalue weighted by Crippen LogP contribution is 2.28. The van der Waals surface area contributed by atoms with E-state index in [0.717, 1.165) is 37.2 Å². The summed E-state index contributed by atoms with van der Waals surface area (Å²) in [6.07, 6.45) is 14.1. The van der Waals surface area contributed by atoms with Gasteiger partial charge in [-0.1, -0.05) is 49.3 Å². The van der Waals surface area contributed by atoms with Gasteiger partial charge in [0.1, 0.15) is 0 Å². The zero-order valence-corrected chi connectivity index (χ0v) is 20.0. The van der Waals surface area contributed by atoms with Crippen LogP contribution in [0.1, 0.15) is 68.1 Å². The van der Waals surface area contributed by atoms with Crippen molar-refractivity contribution in [3.8, 4) is 11.8 Å². The first-order chi connectivity index (χ1) is 16.3. The van der Waals surface area contributed by atoms with Gasteiger partial charge >= 0.3 is 0 Å². The molecular weight excluding hydrogens is 406 g/mol. The molecule has 4 rings (SSSR count). The van der Waals surface area contributed by atoms with Gasteiger partial charge in [-0.25, -0.2) is 0 Å². The van der Waals surface area contributed by atoms with Crippen LogP contribution in [0, 0.1) is 17.8 Å². The topological polar surface area (TPSA) is 39.6 Å². The number of rotatable bonds is 8. The molecule has 0 unspecified atom stereocenters. The maximum absolute atomic E-state index is 8.92. The van der Waals surface area contributed by atoms with E-state index in [1.807, 2.05) is 18.5 Å². The molecule has 1 saturated carbocycles. The molecule has 1 aromatic heterocycles. The highest BCUT2D eigenvalue weighted by Gasteiger charge is 2.28. The molecule has 1 aliphatic carbocycles. The Kier molecular flexibility index (Phi) is 9.36. The smallest absolute Gasteiger partial charge is 0.0540 e. The third kappa shape index (κ3) is 7.67. The van der Waals surface area contributed by atoms with Crippen molar-refractivity contribution in [2.75, 3.05) is 26.2 Å². The minimum absolute atomic E-state index is 0.119. The van der Waals surface area contributed by atoms with Crippen LogP contribution in [0.5, 0.6) is 0 Å². The lowest BCUT2D eigenvalue weighted by Crippen LogP contribution is -2.46. The van der Waals surface area contributed by atoms with Gasteiger partial charge < -0.3 is 10.0 Å². The second-order valence-electron chi connectivity index (χ2n) is 9.80. The average Bonchev–Trinajstić information content (AvgIpc) is 2.87. The summed E-state index contributed by atoms with van der Waals surface area (Å²) >= 11 is 0. The summed E-state index contributed by atoms with van der Waals surface area (Å²) in [5, 5.41) is 8.92. The van der Waals surface area contributed by atoms with Crippen molar-refractivity contribution in [3.05, 3.63) is 65.5 Å². The van der Waals surface area contributed by atoms with Gasteiger partial charge in [-0.15, -0.1) is 0 Å². The molecule has 2 fully saturated rings. The van der Waals surface area contributed by atoms with E-state index in [1.165, 1.54) is 69.2 Å². The van der Waals surface area contributed by atoms with Crippen LogP contribution in [0.2, 0.25) is 0 Å². The van der Waals surface area contributed by atoms with Crippen molar-refractivity contribution in [1.29, 1.82) is 0 Å². The third-order valence-corrected chi connectivity index (χ3v) is 7.12. The lowest BCUT2D eigenvalue weighted by molar-refractivity contribution is 0.0771. The predicted octanol–water partition coefficient (Wildman–Crippen LogP) is 4.86. The van der Waals surface area contributed by atoms with E-state index in [-0.39, 0.29) is 6.61 Å². The van der Waals surface area contributed by atoms with E-state index < -0.39 is 0 Å². The van der Waals surface area contributed by atoms with Crippen LogP contribution in [0.15, 0.2) is 48.8 Å². The van der Waals surface area contributed by atoms with Crippen molar-refractivity contribution in [2.24, 2.45) is 5.92 Å². The number of aliphatic hydroxyl groups is 1. The zero-order chi connectivity index (χ0) is 22.7. The summed E-state index contributed by atoms with van der Waals surface area (Å²) in [6.45, 7) is 5.69. The molecule has 0 bridgehead atoms. The summed E-state index contributed by atoms with van der Waals surface area (Å²) < 4.78 is 0. The number of hydrogen-bond donors (Lipinski definition) is 1. The molecule has 1 N–H and O–H groups in total. The second-order valence-corrected chi connectivity index (χ2v) is 9.80. The summed E-state index contributed by atoms with van der Waals surface area (Å²) in [5.74, 6) is 6.87. The molecular formula is C29H39N3O. The number of aliphatic hydroxyl groups excluding tert-OH is 1. The molecule has 1 aliphatic heterocycles. The van der Waals surface area contributed by atoms with Crippen molar-refractivity contribution >= 4 is 0 Å². The fourth-order valence-electron chi connectivity index (χ4n) is 5.50. The Balaban J connectivity index is 1.40. The normalized spacial score (nSPS) is 19.9. The maximum Gasteiger partial charge on any atom is 0.0540 e. The Morgan fingerprint density at radius 3 is 2.55 bits per heavy atom. The average molecular weight is 446 g/mol. The molecule has 2 aliphatic rings. The second kappa shape index (κ2) is 12.9. The van der Waals surface area contributed by atoms with E-state index in [1.54, 1.807) is 0 Å². The molecule has 4 heteroatoms. The minimum atomic E-state index is 0.119. The Morgan fingerprint density at radius 2 is 1.79 bits per heavy atom. The predicted molar refractivity (Wildman–Crippen MR) is 135 cm³/mol. The first kappa shape index (κ1) is 24.0. The van der Waals surface area contributed by atoms with E-state index in [9.17, 15) is 0 Å². The Bertz CT molecular complexity index is 881. The molecule has 0 amide bonds. The van der Waals surface area contributed by atoms with E-state index in [4.69, 9.17) is 5.11 Å². The zero-order valence-electron chi connectivity index (χ0n) is 20.0. The van der Waals surface area contributed by atoms with Gasteiger partial charge in [0.15, 0.2) is 0 Å². The van der Waals surface area contributed by atoms with E-state index in [2.05, 4.69) is 57.0 Å². The molecule has 1 saturated heterocycles. The van der Waals surface area contributed by atoms with Crippen molar-refractivity contribution < 1.29 is 5.11 Å². The summed E-state index contributed by atoms with van der Waals surface area (Å²) in [7, 11) is 0. The Morgan fingerprint density at radius 1 is 0.970 bits per heavy atom. The molecule has 1 atom stereocenters. The quantitative estimate of drug-likeness (QED) is 0.589. The Hall–Kier alpha value is -2.19. The number of aromatic nitrogens is 1. The van der Waals surface area contributed by atoms with Crippen LogP contribution < -0.4 is 0 Å². The maximum atomic E-state index is 8.92. The molecule has 1 aromatic carbocycles. The summed E-state index contributed by atoms with van der Waals surface area (Å²) in [5.41, 5.74) is 3.62. The Labute approximate surface area is 200 Å². The van der Waals surface area contributed by atoms with Crippen molar-refractivity contribution in [1.82, 2.24) is 14.8 Å². The van der Waals surface area contributed by atoms with Gasteiger partial charge in [0, 0.05) is 56.6 Å². The minimum Gasteiger partial charge on any atom is -0.395 e. The SMILES string of the molecule is OCCC#Cc1ccc(CN(Cc2cccnc2)C[C@H]2CCCN(C3CCCCC3)C2)cc1. The number of hydrogen-bond acceptors (Lipinski definition) is 4. The fraction of sp³-hybridized carbons (Fsp3) is 0.552. The molecule has 0 spiro atoms. The van der Waals surface area contributed by atoms with Gasteiger partial charge in [-0.2, -0.15) is 0 Å². The van der Waals surface area contributed by atoms with E-state index in [0.29, 0.717) is 6.42 Å². The monoisotopic (exact) mass is 445 g/mol. The van der Waals surface area contributed by atoms with Crippen molar-refractivity contribution in [3.63, 3.8) is 0 Å². The molecule has 0 radical (unpaired) electrons. The molecule has 33 heavy (non-hydrogen) atoms. The molecule has 2 heterocycles. The molecule has 2 aromatic rings. The summed E-state index contributed by atoms with van der Waals surface area (Å²) in [6, 6.07) is 13.7. The number of piperidine rings is 1. The number of benzene rings is 1. The third-order valence-electron chi connectivity index (χ3n) is 7.12. The van der Waals surface area contributed by atoms with Crippen LogP contribution in [0.3, 0.4) is 0 Å². The van der Waals surface area contributed by atoms with Crippen molar-refractivity contribution in [2.45, 2.75) is 70.5 Å². The molecule has 4 nitrogen and oxygen atoms in total. The van der Waals surface area contributed by atoms with Crippen LogP contribution in [0.25, 0.3) is 0 Å². The first-order valence-electron chi connectivity index (χ1n) is 12.8. The lowest BCUT2D eigenvalue weighted by Gasteiger charge is -2.41. The highest BCUT2D eigenvalue weighted by atomic mass is 16.2. The van der Waals surface area contributed by atoms with Gasteiger partial charge in [-0.05, 0) is 67.5 Å². The lowest BCUT2D eigenvalue weighted by atomic mass is 9.90. The van der Waals surface area contributed by atoms with Crippen LogP contribution in [-0.2, 0) is 13.1 Å². The van der Waals surface area contributed by atoms with Gasteiger partial charge in [0.2, 0.25) is 0 Å². The summed E-state index contributed by atoms with van der Waals surface area (Å²) in [4.78, 5) is 9.77. The fourth-order valence-corrected chi connectivity index (χ4v) is 5.50. The number of likely N-dealkylation sites (tertiary alicyclic amines) is 1. The standard InChI is InChI=1S/C29H39N3O/c33-19-5-4-8-25-13-15-26(16-14-25)21-31(22-27-9-6-17-30-20-27)23-28-10-7-18-32(24-28)29-11-2-1-3-12-29/h6,9,13-17,20,28-29,33H,1-3,5,7,10-12,18-19,21-24H2/t28-/m1/s1.